The molecule has 0 fully saturated rings. The number of amides is 1. The average molecular weight is 414 g/mol. The van der Waals surface area contributed by atoms with E-state index in [1.54, 1.807) is 12.1 Å². The number of halogens is 1. The number of carbonyl (C=O) groups is 1. The number of nitrogens with zero attached hydrogens (tertiary/aromatic N) is 1. The number of methoxy groups -OCH3 is 2. The molecule has 0 atom stereocenters. The van der Waals surface area contributed by atoms with Gasteiger partial charge in [-0.05, 0) is 24.0 Å². The second-order valence-electron chi connectivity index (χ2n) is 6.65. The van der Waals surface area contributed by atoms with Gasteiger partial charge < -0.3 is 20.1 Å². The first-order valence-electron chi connectivity index (χ1n) is 9.01. The summed E-state index contributed by atoms with van der Waals surface area (Å²) in [6.45, 7) is 6.01. The third kappa shape index (κ3) is 5.21. The van der Waals surface area contributed by atoms with Crippen molar-refractivity contribution in [2.75, 3.05) is 24.9 Å². The Bertz CT molecular complexity index is 978. The third-order valence-corrected chi connectivity index (χ3v) is 4.67. The van der Waals surface area contributed by atoms with Gasteiger partial charge in [-0.15, -0.1) is 0 Å². The van der Waals surface area contributed by atoms with Crippen molar-refractivity contribution in [2.24, 2.45) is 0 Å². The first kappa shape index (κ1) is 22.1. The van der Waals surface area contributed by atoms with Crippen LogP contribution in [0.25, 0.3) is 0 Å². The van der Waals surface area contributed by atoms with E-state index in [2.05, 4.69) is 10.6 Å². The van der Waals surface area contributed by atoms with Crippen molar-refractivity contribution in [1.29, 1.82) is 5.26 Å². The zero-order chi connectivity index (χ0) is 21.6. The number of ether oxygens (including phenoxy) is 2. The minimum atomic E-state index is -0.504. The van der Waals surface area contributed by atoms with E-state index in [4.69, 9.17) is 21.1 Å². The van der Waals surface area contributed by atoms with Crippen LogP contribution in [-0.2, 0) is 4.79 Å². The molecule has 0 spiro atoms. The second kappa shape index (κ2) is 9.85. The number of nitrogens with one attached hydrogen (secondary N) is 2. The molecule has 0 aromatic heterocycles. The van der Waals surface area contributed by atoms with E-state index in [9.17, 15) is 10.1 Å². The standard InChI is InChI=1S/C22H24ClN3O3/c1-13(2)16-8-6-7-14(3)21(16)26-22(27)15(11-24)12-25-18-10-19(28-4)17(23)9-20(18)29-5/h6-10,12-13,25H,1-5H3,(H,26,27)/b15-12-. The minimum absolute atomic E-state index is 0.0843. The average Bonchev–Trinajstić information content (AvgIpc) is 2.70. The Morgan fingerprint density at radius 3 is 2.48 bits per heavy atom. The fraction of sp³-hybridized carbons (Fsp3) is 0.273. The Kier molecular flexibility index (Phi) is 7.52. The van der Waals surface area contributed by atoms with Crippen LogP contribution in [0.1, 0.15) is 30.9 Å². The van der Waals surface area contributed by atoms with E-state index >= 15 is 0 Å². The summed E-state index contributed by atoms with van der Waals surface area (Å²) in [5, 5.41) is 15.7. The first-order chi connectivity index (χ1) is 13.8. The SMILES string of the molecule is COc1cc(N/C=C(/C#N)C(=O)Nc2c(C)cccc2C(C)C)c(OC)cc1Cl. The topological polar surface area (TPSA) is 83.4 Å². The molecule has 1 amide bonds. The predicted octanol–water partition coefficient (Wildman–Crippen LogP) is 5.25. The molecule has 6 nitrogen and oxygen atoms in total. The van der Waals surface area contributed by atoms with Crippen LogP contribution in [0.2, 0.25) is 5.02 Å². The van der Waals surface area contributed by atoms with Crippen LogP contribution in [-0.4, -0.2) is 20.1 Å². The van der Waals surface area contributed by atoms with Crippen molar-refractivity contribution in [3.8, 4) is 17.6 Å². The lowest BCUT2D eigenvalue weighted by atomic mass is 9.98. The smallest absolute Gasteiger partial charge is 0.267 e. The molecule has 0 bridgehead atoms. The molecule has 0 aliphatic rings. The summed E-state index contributed by atoms with van der Waals surface area (Å²) < 4.78 is 10.5. The number of rotatable bonds is 7. The van der Waals surface area contributed by atoms with Gasteiger partial charge in [-0.1, -0.05) is 43.6 Å². The Hall–Kier alpha value is -3.17. The van der Waals surface area contributed by atoms with Gasteiger partial charge in [-0.2, -0.15) is 5.26 Å². The van der Waals surface area contributed by atoms with Crippen molar-refractivity contribution >= 4 is 28.9 Å². The summed E-state index contributed by atoms with van der Waals surface area (Å²) in [6.07, 6.45) is 1.33. The van der Waals surface area contributed by atoms with Crippen molar-refractivity contribution in [3.05, 3.63) is 58.3 Å². The molecule has 2 aromatic rings. The van der Waals surface area contributed by atoms with Crippen LogP contribution in [0.15, 0.2) is 42.1 Å². The van der Waals surface area contributed by atoms with E-state index in [0.29, 0.717) is 22.2 Å². The maximum Gasteiger partial charge on any atom is 0.267 e. The lowest BCUT2D eigenvalue weighted by Gasteiger charge is -2.16. The van der Waals surface area contributed by atoms with Gasteiger partial charge in [0.05, 0.1) is 24.9 Å². The molecule has 2 rings (SSSR count). The highest BCUT2D eigenvalue weighted by Crippen LogP contribution is 2.36. The normalized spacial score (nSPS) is 11.0. The molecular formula is C22H24ClN3O3. The number of nitriles is 1. The van der Waals surface area contributed by atoms with Gasteiger partial charge in [0.2, 0.25) is 0 Å². The number of carbonyl (C=O) groups excluding carboxylic acids is 1. The van der Waals surface area contributed by atoms with Crippen molar-refractivity contribution in [1.82, 2.24) is 0 Å². The Balaban J connectivity index is 2.30. The van der Waals surface area contributed by atoms with Gasteiger partial charge >= 0.3 is 0 Å². The molecule has 2 aromatic carbocycles. The van der Waals surface area contributed by atoms with Gasteiger partial charge in [0.1, 0.15) is 23.1 Å². The lowest BCUT2D eigenvalue weighted by molar-refractivity contribution is -0.112. The highest BCUT2D eigenvalue weighted by Gasteiger charge is 2.16. The highest BCUT2D eigenvalue weighted by molar-refractivity contribution is 6.32. The molecule has 152 valence electrons. The molecule has 0 unspecified atom stereocenters. The van der Waals surface area contributed by atoms with Crippen LogP contribution in [0.4, 0.5) is 11.4 Å². The van der Waals surface area contributed by atoms with E-state index in [0.717, 1.165) is 16.8 Å². The van der Waals surface area contributed by atoms with Crippen LogP contribution >= 0.6 is 11.6 Å². The number of anilines is 2. The predicted molar refractivity (Wildman–Crippen MR) is 116 cm³/mol. The van der Waals surface area contributed by atoms with Gasteiger partial charge in [0.15, 0.2) is 0 Å². The summed E-state index contributed by atoms with van der Waals surface area (Å²) in [4.78, 5) is 12.7. The summed E-state index contributed by atoms with van der Waals surface area (Å²) in [7, 11) is 2.99. The number of para-hydroxylation sites is 1. The van der Waals surface area contributed by atoms with Gasteiger partial charge in [-0.25, -0.2) is 0 Å². The molecule has 2 N–H and O–H groups in total. The Morgan fingerprint density at radius 1 is 1.21 bits per heavy atom. The van der Waals surface area contributed by atoms with Crippen molar-refractivity contribution in [2.45, 2.75) is 26.7 Å². The molecule has 0 saturated carbocycles. The van der Waals surface area contributed by atoms with Crippen LogP contribution in [0.5, 0.6) is 11.5 Å². The maximum absolute atomic E-state index is 12.7. The molecule has 0 heterocycles. The van der Waals surface area contributed by atoms with Crippen LogP contribution in [0, 0.1) is 18.3 Å². The first-order valence-corrected chi connectivity index (χ1v) is 9.39. The van der Waals surface area contributed by atoms with Crippen LogP contribution in [0.3, 0.4) is 0 Å². The van der Waals surface area contributed by atoms with Crippen molar-refractivity contribution in [3.63, 3.8) is 0 Å². The molecule has 0 aliphatic heterocycles. The fourth-order valence-corrected chi connectivity index (χ4v) is 3.03. The lowest BCUT2D eigenvalue weighted by Crippen LogP contribution is -2.17. The molecular weight excluding hydrogens is 390 g/mol. The Labute approximate surface area is 176 Å². The summed E-state index contributed by atoms with van der Waals surface area (Å²) in [5.41, 5.74) is 3.08. The third-order valence-electron chi connectivity index (χ3n) is 4.38. The highest BCUT2D eigenvalue weighted by atomic mass is 35.5. The van der Waals surface area contributed by atoms with E-state index in [1.807, 2.05) is 45.0 Å². The van der Waals surface area contributed by atoms with E-state index in [-0.39, 0.29) is 11.5 Å². The van der Waals surface area contributed by atoms with Crippen molar-refractivity contribution < 1.29 is 14.3 Å². The molecule has 7 heteroatoms. The quantitative estimate of drug-likeness (QED) is 0.478. The number of aryl methyl sites for hydroxylation is 1. The van der Waals surface area contributed by atoms with E-state index < -0.39 is 5.91 Å². The Morgan fingerprint density at radius 2 is 1.90 bits per heavy atom. The zero-order valence-corrected chi connectivity index (χ0v) is 17.8. The molecule has 29 heavy (non-hydrogen) atoms. The summed E-state index contributed by atoms with van der Waals surface area (Å²) >= 11 is 6.10. The second-order valence-corrected chi connectivity index (χ2v) is 7.06. The van der Waals surface area contributed by atoms with Crippen LogP contribution < -0.4 is 20.1 Å². The molecule has 0 saturated heterocycles. The van der Waals surface area contributed by atoms with Gasteiger partial charge in [-0.3, -0.25) is 4.79 Å². The van der Waals surface area contributed by atoms with Gasteiger partial charge in [0, 0.05) is 24.0 Å². The zero-order valence-electron chi connectivity index (χ0n) is 17.1. The summed E-state index contributed by atoms with van der Waals surface area (Å²) in [6, 6.07) is 11.0. The van der Waals surface area contributed by atoms with Gasteiger partial charge in [0.25, 0.3) is 5.91 Å². The molecule has 0 aliphatic carbocycles. The number of hydrogen-bond donors (Lipinski definition) is 2. The fourth-order valence-electron chi connectivity index (χ4n) is 2.79. The monoisotopic (exact) mass is 413 g/mol. The number of hydrogen-bond acceptors (Lipinski definition) is 5. The van der Waals surface area contributed by atoms with E-state index in [1.165, 1.54) is 20.4 Å². The molecule has 0 radical (unpaired) electrons. The minimum Gasteiger partial charge on any atom is -0.495 e. The largest absolute Gasteiger partial charge is 0.495 e. The maximum atomic E-state index is 12.7. The summed E-state index contributed by atoms with van der Waals surface area (Å²) in [5.74, 6) is 0.610. The number of benzene rings is 2.